The van der Waals surface area contributed by atoms with Gasteiger partial charge in [0.2, 0.25) is 5.88 Å². The number of anilines is 1. The highest BCUT2D eigenvalue weighted by atomic mass is 32.1. The molecule has 1 saturated heterocycles. The molecular formula is C22H25N5O3S. The lowest BCUT2D eigenvalue weighted by molar-refractivity contribution is 0.0895. The molecule has 2 aliphatic rings. The molecule has 0 bridgehead atoms. The van der Waals surface area contributed by atoms with E-state index in [9.17, 15) is 4.79 Å². The third-order valence-corrected chi connectivity index (χ3v) is 6.60. The van der Waals surface area contributed by atoms with Crippen LogP contribution in [0.15, 0.2) is 36.1 Å². The Labute approximate surface area is 184 Å². The van der Waals surface area contributed by atoms with E-state index in [-0.39, 0.29) is 18.1 Å². The predicted molar refractivity (Wildman–Crippen MR) is 119 cm³/mol. The number of nitrogens with one attached hydrogen (secondary N) is 1. The maximum absolute atomic E-state index is 12.3. The first-order valence-electron chi connectivity index (χ1n) is 10.7. The summed E-state index contributed by atoms with van der Waals surface area (Å²) < 4.78 is 11.9. The van der Waals surface area contributed by atoms with Crippen molar-refractivity contribution >= 4 is 34.0 Å². The highest BCUT2D eigenvalue weighted by Gasteiger charge is 2.26. The average Bonchev–Trinajstić information content (AvgIpc) is 3.36. The number of carbonyl (C=O) groups is 1. The molecule has 1 aliphatic carbocycles. The van der Waals surface area contributed by atoms with E-state index in [4.69, 9.17) is 14.5 Å². The summed E-state index contributed by atoms with van der Waals surface area (Å²) >= 11 is 1.36. The van der Waals surface area contributed by atoms with Gasteiger partial charge < -0.3 is 19.7 Å². The average molecular weight is 440 g/mol. The molecule has 4 heterocycles. The second-order valence-electron chi connectivity index (χ2n) is 7.89. The Kier molecular flexibility index (Phi) is 5.95. The summed E-state index contributed by atoms with van der Waals surface area (Å²) in [5.74, 6) is 1.49. The molecule has 3 aromatic rings. The Morgan fingerprint density at radius 3 is 2.84 bits per heavy atom. The molecule has 9 heteroatoms. The number of ether oxygens (including phenoxy) is 2. The predicted octanol–water partition coefficient (Wildman–Crippen LogP) is 3.04. The minimum atomic E-state index is -0.0381. The minimum absolute atomic E-state index is 0.0381. The van der Waals surface area contributed by atoms with Gasteiger partial charge in [0.1, 0.15) is 16.8 Å². The topological polar surface area (TPSA) is 89.5 Å². The van der Waals surface area contributed by atoms with Crippen LogP contribution in [0.3, 0.4) is 0 Å². The van der Waals surface area contributed by atoms with Gasteiger partial charge in [-0.1, -0.05) is 0 Å². The van der Waals surface area contributed by atoms with Gasteiger partial charge in [0, 0.05) is 31.4 Å². The van der Waals surface area contributed by atoms with Crippen molar-refractivity contribution in [3.63, 3.8) is 0 Å². The number of hydrogen-bond acceptors (Lipinski definition) is 8. The van der Waals surface area contributed by atoms with Crippen molar-refractivity contribution < 1.29 is 14.3 Å². The lowest BCUT2D eigenvalue weighted by Crippen LogP contribution is -2.39. The smallest absolute Gasteiger partial charge is 0.263 e. The number of thiazole rings is 1. The third kappa shape index (κ3) is 4.62. The summed E-state index contributed by atoms with van der Waals surface area (Å²) in [6.07, 6.45) is 7.00. The van der Waals surface area contributed by atoms with Gasteiger partial charge in [-0.05, 0) is 37.8 Å². The Bertz CT molecular complexity index is 1030. The lowest BCUT2D eigenvalue weighted by atomic mass is 9.93. The molecule has 31 heavy (non-hydrogen) atoms. The second-order valence-corrected chi connectivity index (χ2v) is 8.77. The number of carbonyl (C=O) groups excluding carboxylic acids is 1. The summed E-state index contributed by atoms with van der Waals surface area (Å²) in [4.78, 5) is 28.5. The molecule has 3 aromatic heterocycles. The monoisotopic (exact) mass is 439 g/mol. The fourth-order valence-electron chi connectivity index (χ4n) is 4.14. The van der Waals surface area contributed by atoms with Crippen LogP contribution in [0.2, 0.25) is 0 Å². The van der Waals surface area contributed by atoms with Gasteiger partial charge in [-0.3, -0.25) is 14.8 Å². The zero-order valence-electron chi connectivity index (χ0n) is 17.2. The number of morpholine rings is 1. The van der Waals surface area contributed by atoms with Gasteiger partial charge >= 0.3 is 0 Å². The summed E-state index contributed by atoms with van der Waals surface area (Å²) in [5.41, 5.74) is 2.57. The number of fused-ring (bicyclic) bond motifs is 1. The normalized spacial score (nSPS) is 21.7. The van der Waals surface area contributed by atoms with Crippen molar-refractivity contribution in [2.75, 3.05) is 31.2 Å². The van der Waals surface area contributed by atoms with Crippen LogP contribution in [0.1, 0.15) is 35.4 Å². The summed E-state index contributed by atoms with van der Waals surface area (Å²) in [7, 11) is 0. The van der Waals surface area contributed by atoms with Gasteiger partial charge in [-0.25, -0.2) is 0 Å². The number of amides is 1. The first-order valence-corrected chi connectivity index (χ1v) is 11.6. The molecule has 1 N–H and O–H groups in total. The van der Waals surface area contributed by atoms with Crippen molar-refractivity contribution in [1.82, 2.24) is 20.3 Å². The molecule has 162 valence electrons. The summed E-state index contributed by atoms with van der Waals surface area (Å²) in [5, 5.41) is 4.05. The molecule has 0 spiro atoms. The van der Waals surface area contributed by atoms with E-state index in [1.807, 2.05) is 18.2 Å². The number of pyridine rings is 2. The van der Waals surface area contributed by atoms with Crippen LogP contribution >= 0.6 is 11.3 Å². The Balaban J connectivity index is 1.26. The molecule has 1 saturated carbocycles. The van der Waals surface area contributed by atoms with Crippen LogP contribution in [0, 0.1) is 0 Å². The van der Waals surface area contributed by atoms with E-state index in [0.29, 0.717) is 24.0 Å². The van der Waals surface area contributed by atoms with Crippen molar-refractivity contribution in [3.8, 4) is 5.88 Å². The maximum atomic E-state index is 12.3. The molecule has 0 aromatic carbocycles. The van der Waals surface area contributed by atoms with Crippen LogP contribution in [-0.2, 0) is 4.74 Å². The van der Waals surface area contributed by atoms with Crippen LogP contribution in [-0.4, -0.2) is 59.3 Å². The van der Waals surface area contributed by atoms with E-state index in [1.54, 1.807) is 17.9 Å². The Morgan fingerprint density at radius 1 is 1.23 bits per heavy atom. The van der Waals surface area contributed by atoms with E-state index in [2.05, 4.69) is 20.2 Å². The van der Waals surface area contributed by atoms with Crippen LogP contribution < -0.4 is 15.0 Å². The number of nitrogens with zero attached hydrogens (tertiary/aromatic N) is 4. The minimum Gasteiger partial charge on any atom is -0.474 e. The standard InChI is InChI=1S/C22H25N5O3S/c28-21(19-13-23-14-31-19)25-15-3-5-16(6-4-15)30-22-17-2-1-7-24-18(17)12-20(26-22)27-8-10-29-11-9-27/h1-2,7,12-16H,3-6,8-11H2,(H,25,28). The number of hydrogen-bond donors (Lipinski definition) is 1. The first kappa shape index (κ1) is 20.1. The largest absolute Gasteiger partial charge is 0.474 e. The van der Waals surface area contributed by atoms with Crippen LogP contribution in [0.5, 0.6) is 5.88 Å². The number of rotatable bonds is 5. The fourth-order valence-corrected chi connectivity index (χ4v) is 4.67. The van der Waals surface area contributed by atoms with Gasteiger partial charge in [-0.15, -0.1) is 11.3 Å². The number of aromatic nitrogens is 3. The van der Waals surface area contributed by atoms with Crippen LogP contribution in [0.25, 0.3) is 10.9 Å². The molecule has 2 fully saturated rings. The van der Waals surface area contributed by atoms with Crippen LogP contribution in [0.4, 0.5) is 5.82 Å². The highest BCUT2D eigenvalue weighted by molar-refractivity contribution is 7.11. The van der Waals surface area contributed by atoms with Gasteiger partial charge in [0.05, 0.1) is 35.8 Å². The zero-order chi connectivity index (χ0) is 21.0. The maximum Gasteiger partial charge on any atom is 0.263 e. The molecule has 1 amide bonds. The van der Waals surface area contributed by atoms with Crippen molar-refractivity contribution in [2.24, 2.45) is 0 Å². The molecular weight excluding hydrogens is 414 g/mol. The Morgan fingerprint density at radius 2 is 2.06 bits per heavy atom. The van der Waals surface area contributed by atoms with Gasteiger partial charge in [0.15, 0.2) is 0 Å². The van der Waals surface area contributed by atoms with E-state index in [1.165, 1.54) is 11.3 Å². The molecule has 0 unspecified atom stereocenters. The van der Waals surface area contributed by atoms with Crippen molar-refractivity contribution in [1.29, 1.82) is 0 Å². The quantitative estimate of drug-likeness (QED) is 0.654. The summed E-state index contributed by atoms with van der Waals surface area (Å²) in [6.45, 7) is 3.04. The first-order chi connectivity index (χ1) is 15.3. The second kappa shape index (κ2) is 9.15. The molecule has 5 rings (SSSR count). The lowest BCUT2D eigenvalue weighted by Gasteiger charge is -2.31. The van der Waals surface area contributed by atoms with E-state index < -0.39 is 0 Å². The molecule has 8 nitrogen and oxygen atoms in total. The Hall–Kier alpha value is -2.78. The van der Waals surface area contributed by atoms with Gasteiger partial charge in [0.25, 0.3) is 5.91 Å². The van der Waals surface area contributed by atoms with E-state index in [0.717, 1.165) is 55.5 Å². The third-order valence-electron chi connectivity index (χ3n) is 5.83. The summed E-state index contributed by atoms with van der Waals surface area (Å²) in [6, 6.07) is 6.12. The zero-order valence-corrected chi connectivity index (χ0v) is 18.0. The van der Waals surface area contributed by atoms with Crippen molar-refractivity contribution in [3.05, 3.63) is 41.0 Å². The van der Waals surface area contributed by atoms with Crippen molar-refractivity contribution in [2.45, 2.75) is 37.8 Å². The highest BCUT2D eigenvalue weighted by Crippen LogP contribution is 2.31. The molecule has 1 aliphatic heterocycles. The van der Waals surface area contributed by atoms with Gasteiger partial charge in [-0.2, -0.15) is 4.98 Å². The fraction of sp³-hybridized carbons (Fsp3) is 0.455. The molecule has 0 atom stereocenters. The molecule has 0 radical (unpaired) electrons. The van der Waals surface area contributed by atoms with E-state index >= 15 is 0 Å². The SMILES string of the molecule is O=C(NC1CCC(Oc2nc(N3CCOCC3)cc3ncccc23)CC1)c1cncs1.